The number of esters is 1. The molecule has 2 aromatic rings. The van der Waals surface area contributed by atoms with Crippen LogP contribution in [0.1, 0.15) is 18.9 Å². The van der Waals surface area contributed by atoms with Gasteiger partial charge in [0.05, 0.1) is 32.9 Å². The van der Waals surface area contributed by atoms with Crippen molar-refractivity contribution in [3.8, 4) is 5.75 Å². The number of benzene rings is 1. The number of carbonyl (C=O) groups excluding carboxylic acids is 1. The topological polar surface area (TPSA) is 82.4 Å². The molecule has 1 aliphatic carbocycles. The van der Waals surface area contributed by atoms with Crippen molar-refractivity contribution in [2.24, 2.45) is 5.92 Å². The summed E-state index contributed by atoms with van der Waals surface area (Å²) in [6, 6.07) is 9.85. The Morgan fingerprint density at radius 2 is 2.04 bits per heavy atom. The van der Waals surface area contributed by atoms with Gasteiger partial charge in [-0.05, 0) is 18.1 Å². The van der Waals surface area contributed by atoms with Crippen LogP contribution in [-0.4, -0.2) is 29.7 Å². The number of methoxy groups -OCH3 is 2. The molecule has 0 fully saturated rings. The number of aromatic nitrogens is 2. The van der Waals surface area contributed by atoms with Crippen molar-refractivity contribution in [3.05, 3.63) is 75.9 Å². The first-order valence-electron chi connectivity index (χ1n) is 8.94. The van der Waals surface area contributed by atoms with Crippen LogP contribution in [-0.2, 0) is 16.1 Å². The van der Waals surface area contributed by atoms with Gasteiger partial charge in [0.2, 0.25) is 11.7 Å². The van der Waals surface area contributed by atoms with Gasteiger partial charge in [0, 0.05) is 12.1 Å². The van der Waals surface area contributed by atoms with E-state index < -0.39 is 5.56 Å². The Balaban J connectivity index is 1.94. The van der Waals surface area contributed by atoms with Gasteiger partial charge in [-0.2, -0.15) is 4.98 Å². The van der Waals surface area contributed by atoms with Gasteiger partial charge in [-0.15, -0.1) is 0 Å². The molecule has 7 nitrogen and oxygen atoms in total. The molecule has 1 atom stereocenters. The molecule has 1 aromatic heterocycles. The zero-order valence-electron chi connectivity index (χ0n) is 16.1. The monoisotopic (exact) mass is 381 g/mol. The van der Waals surface area contributed by atoms with E-state index >= 15 is 0 Å². The van der Waals surface area contributed by atoms with Crippen LogP contribution < -0.4 is 15.6 Å². The molecule has 1 N–H and O–H groups in total. The fraction of sp³-hybridized carbons (Fsp3) is 0.286. The summed E-state index contributed by atoms with van der Waals surface area (Å²) in [7, 11) is 2.81. The molecule has 7 heteroatoms. The second kappa shape index (κ2) is 8.56. The molecular weight excluding hydrogens is 358 g/mol. The highest BCUT2D eigenvalue weighted by atomic mass is 16.5. The minimum absolute atomic E-state index is 0.170. The second-order valence-electron chi connectivity index (χ2n) is 6.53. The summed E-state index contributed by atoms with van der Waals surface area (Å²) in [5.41, 5.74) is 2.39. The Labute approximate surface area is 163 Å². The third kappa shape index (κ3) is 4.31. The lowest BCUT2D eigenvalue weighted by molar-refractivity contribution is -0.143. The molecule has 1 aromatic carbocycles. The molecule has 0 spiro atoms. The number of hydrogen-bond acceptors (Lipinski definition) is 6. The Hall–Kier alpha value is -3.35. The van der Waals surface area contributed by atoms with Crippen LogP contribution in [0.25, 0.3) is 0 Å². The van der Waals surface area contributed by atoms with E-state index in [1.54, 1.807) is 6.20 Å². The summed E-state index contributed by atoms with van der Waals surface area (Å²) < 4.78 is 11.8. The second-order valence-corrected chi connectivity index (χ2v) is 6.53. The highest BCUT2D eigenvalue weighted by molar-refractivity contribution is 5.75. The Bertz CT molecular complexity index is 977. The smallest absolute Gasteiger partial charge is 0.316 e. The molecule has 146 valence electrons. The largest absolute Gasteiger partial charge is 0.490 e. The zero-order valence-corrected chi connectivity index (χ0v) is 16.1. The SMILES string of the molecule is COC(=O)C1C=CC(C)=C(Nc2nc(=O)c(OC)cn2Cc2ccccc2)C1. The van der Waals surface area contributed by atoms with E-state index in [2.05, 4.69) is 10.3 Å². The summed E-state index contributed by atoms with van der Waals surface area (Å²) in [5, 5.41) is 3.24. The van der Waals surface area contributed by atoms with E-state index in [0.29, 0.717) is 18.9 Å². The first-order chi connectivity index (χ1) is 13.5. The highest BCUT2D eigenvalue weighted by Crippen LogP contribution is 2.26. The van der Waals surface area contributed by atoms with Crippen molar-refractivity contribution >= 4 is 11.9 Å². The van der Waals surface area contributed by atoms with Gasteiger partial charge < -0.3 is 19.4 Å². The van der Waals surface area contributed by atoms with E-state index in [0.717, 1.165) is 16.8 Å². The number of ether oxygens (including phenoxy) is 2. The van der Waals surface area contributed by atoms with Gasteiger partial charge in [0.25, 0.3) is 0 Å². The quantitative estimate of drug-likeness (QED) is 0.775. The van der Waals surface area contributed by atoms with Crippen LogP contribution in [0.15, 0.2) is 64.7 Å². The van der Waals surface area contributed by atoms with Crippen molar-refractivity contribution in [1.82, 2.24) is 9.55 Å². The summed E-state index contributed by atoms with van der Waals surface area (Å²) in [6.07, 6.45) is 5.78. The third-order valence-corrected chi connectivity index (χ3v) is 4.62. The van der Waals surface area contributed by atoms with Gasteiger partial charge in [-0.25, -0.2) is 0 Å². The van der Waals surface area contributed by atoms with Crippen LogP contribution in [0.4, 0.5) is 5.95 Å². The maximum atomic E-state index is 12.2. The molecule has 3 rings (SSSR count). The van der Waals surface area contributed by atoms with Crippen LogP contribution in [0.3, 0.4) is 0 Å². The highest BCUT2D eigenvalue weighted by Gasteiger charge is 2.23. The van der Waals surface area contributed by atoms with E-state index in [4.69, 9.17) is 9.47 Å². The van der Waals surface area contributed by atoms with Crippen LogP contribution >= 0.6 is 0 Å². The number of hydrogen-bond donors (Lipinski definition) is 1. The molecule has 0 saturated carbocycles. The lowest BCUT2D eigenvalue weighted by Gasteiger charge is -2.22. The van der Waals surface area contributed by atoms with Crippen LogP contribution in [0.2, 0.25) is 0 Å². The Morgan fingerprint density at radius 1 is 1.29 bits per heavy atom. The molecule has 0 aliphatic heterocycles. The molecule has 0 amide bonds. The average Bonchev–Trinajstić information content (AvgIpc) is 2.71. The lowest BCUT2D eigenvalue weighted by atomic mass is 9.94. The Kier molecular flexibility index (Phi) is 5.93. The van der Waals surface area contributed by atoms with Gasteiger partial charge in [0.15, 0.2) is 0 Å². The maximum absolute atomic E-state index is 12.2. The predicted octanol–water partition coefficient (Wildman–Crippen LogP) is 2.74. The number of allylic oxidation sites excluding steroid dienone is 3. The lowest BCUT2D eigenvalue weighted by Crippen LogP contribution is -2.24. The van der Waals surface area contributed by atoms with Crippen molar-refractivity contribution in [3.63, 3.8) is 0 Å². The van der Waals surface area contributed by atoms with Crippen molar-refractivity contribution in [2.45, 2.75) is 19.9 Å². The zero-order chi connectivity index (χ0) is 20.1. The van der Waals surface area contributed by atoms with E-state index in [-0.39, 0.29) is 17.6 Å². The summed E-state index contributed by atoms with van der Waals surface area (Å²) in [4.78, 5) is 28.3. The van der Waals surface area contributed by atoms with Crippen molar-refractivity contribution < 1.29 is 14.3 Å². The number of anilines is 1. The standard InChI is InChI=1S/C21H23N3O4/c1-14-9-10-16(20(26)28-3)11-17(14)22-21-23-19(25)18(27-2)13-24(21)12-15-7-5-4-6-8-15/h4-10,13,16H,11-12H2,1-3H3,(H,22,23,25). The Morgan fingerprint density at radius 3 is 2.71 bits per heavy atom. The molecule has 1 aliphatic rings. The first-order valence-corrected chi connectivity index (χ1v) is 8.94. The summed E-state index contributed by atoms with van der Waals surface area (Å²) in [6.45, 7) is 2.45. The first kappa shape index (κ1) is 19.4. The fourth-order valence-corrected chi connectivity index (χ4v) is 3.02. The maximum Gasteiger partial charge on any atom is 0.316 e. The molecule has 28 heavy (non-hydrogen) atoms. The summed E-state index contributed by atoms with van der Waals surface area (Å²) >= 11 is 0. The summed E-state index contributed by atoms with van der Waals surface area (Å²) in [5.74, 6) is -0.109. The van der Waals surface area contributed by atoms with Gasteiger partial charge >= 0.3 is 11.5 Å². The van der Waals surface area contributed by atoms with Crippen molar-refractivity contribution in [2.75, 3.05) is 19.5 Å². The minimum Gasteiger partial charge on any atom is -0.490 e. The number of carbonyl (C=O) groups is 1. The predicted molar refractivity (Wildman–Crippen MR) is 106 cm³/mol. The number of nitrogens with one attached hydrogen (secondary N) is 1. The van der Waals surface area contributed by atoms with Crippen LogP contribution in [0.5, 0.6) is 5.75 Å². The van der Waals surface area contributed by atoms with E-state index in [1.165, 1.54) is 14.2 Å². The molecule has 1 unspecified atom stereocenters. The molecule has 0 radical (unpaired) electrons. The average molecular weight is 381 g/mol. The van der Waals surface area contributed by atoms with Crippen LogP contribution in [0, 0.1) is 5.92 Å². The number of rotatable bonds is 6. The van der Waals surface area contributed by atoms with Gasteiger partial charge in [0.1, 0.15) is 0 Å². The normalized spacial score (nSPS) is 16.0. The minimum atomic E-state index is -0.455. The molecular formula is C21H23N3O4. The molecule has 0 saturated heterocycles. The third-order valence-electron chi connectivity index (χ3n) is 4.62. The molecule has 1 heterocycles. The van der Waals surface area contributed by atoms with Gasteiger partial charge in [-0.1, -0.05) is 42.5 Å². The van der Waals surface area contributed by atoms with Gasteiger partial charge in [-0.3, -0.25) is 9.59 Å². The van der Waals surface area contributed by atoms with Crippen molar-refractivity contribution in [1.29, 1.82) is 0 Å². The van der Waals surface area contributed by atoms with E-state index in [1.807, 2.05) is 54.0 Å². The fourth-order valence-electron chi connectivity index (χ4n) is 3.02. The number of nitrogens with zero attached hydrogens (tertiary/aromatic N) is 2. The molecule has 0 bridgehead atoms. The van der Waals surface area contributed by atoms with E-state index in [9.17, 15) is 9.59 Å².